The summed E-state index contributed by atoms with van der Waals surface area (Å²) in [6.07, 6.45) is 1.50. The monoisotopic (exact) mass is 356 g/mol. The van der Waals surface area contributed by atoms with Crippen molar-refractivity contribution >= 4 is 11.0 Å². The summed E-state index contributed by atoms with van der Waals surface area (Å²) in [4.78, 5) is 7.35. The van der Waals surface area contributed by atoms with Crippen LogP contribution in [0.4, 0.5) is 8.78 Å². The molecule has 1 aliphatic carbocycles. The van der Waals surface area contributed by atoms with E-state index in [-0.39, 0.29) is 18.8 Å². The standard InChI is InChI=1S/C21H22F2N2O/c22-18-11-20(26-13-14-5-2-1-3-6-14)19(23)10-15(18)9-16-12-25-21-17(16)7-4-8-24-21/h1-8,12,15,18-20H,9-11,13H2,(H,24,25)/t15?,18?,19-,20?/m0/s1. The van der Waals surface area contributed by atoms with Crippen LogP contribution in [0.5, 0.6) is 0 Å². The predicted molar refractivity (Wildman–Crippen MR) is 97.3 cm³/mol. The number of nitrogens with one attached hydrogen (secondary N) is 1. The molecular formula is C21H22F2N2O. The molecule has 1 saturated carbocycles. The molecule has 3 aromatic rings. The highest BCUT2D eigenvalue weighted by molar-refractivity contribution is 5.79. The summed E-state index contributed by atoms with van der Waals surface area (Å²) in [6.45, 7) is 0.317. The lowest BCUT2D eigenvalue weighted by atomic mass is 9.81. The predicted octanol–water partition coefficient (Wildman–Crippen LogP) is 4.78. The van der Waals surface area contributed by atoms with Crippen molar-refractivity contribution < 1.29 is 13.5 Å². The molecule has 1 N–H and O–H groups in total. The van der Waals surface area contributed by atoms with Gasteiger partial charge in [0.25, 0.3) is 0 Å². The minimum absolute atomic E-state index is 0.110. The number of ether oxygens (including phenoxy) is 1. The number of H-pyrrole nitrogens is 1. The minimum Gasteiger partial charge on any atom is -0.370 e. The number of aromatic nitrogens is 2. The Bertz CT molecular complexity index is 851. The number of halogens is 2. The first-order valence-corrected chi connectivity index (χ1v) is 9.05. The maximum atomic E-state index is 14.7. The molecule has 26 heavy (non-hydrogen) atoms. The summed E-state index contributed by atoms with van der Waals surface area (Å²) in [5.74, 6) is -0.333. The van der Waals surface area contributed by atoms with E-state index in [4.69, 9.17) is 4.74 Å². The van der Waals surface area contributed by atoms with Crippen LogP contribution in [0.15, 0.2) is 54.9 Å². The van der Waals surface area contributed by atoms with Gasteiger partial charge in [0.2, 0.25) is 0 Å². The minimum atomic E-state index is -1.14. The Morgan fingerprint density at radius 1 is 1.04 bits per heavy atom. The van der Waals surface area contributed by atoms with Crippen LogP contribution >= 0.6 is 0 Å². The lowest BCUT2D eigenvalue weighted by molar-refractivity contribution is -0.0689. The molecule has 2 heterocycles. The normalized spacial score (nSPS) is 26.2. The average molecular weight is 356 g/mol. The van der Waals surface area contributed by atoms with E-state index in [1.165, 1.54) is 0 Å². The van der Waals surface area contributed by atoms with E-state index in [9.17, 15) is 8.78 Å². The summed E-state index contributed by atoms with van der Waals surface area (Å²) in [7, 11) is 0. The highest BCUT2D eigenvalue weighted by atomic mass is 19.1. The molecule has 3 nitrogen and oxygen atoms in total. The van der Waals surface area contributed by atoms with Crippen molar-refractivity contribution in [1.82, 2.24) is 9.97 Å². The first-order chi connectivity index (χ1) is 12.7. The zero-order valence-corrected chi connectivity index (χ0v) is 14.4. The largest absolute Gasteiger partial charge is 0.370 e. The summed E-state index contributed by atoms with van der Waals surface area (Å²) in [5, 5.41) is 0.984. The molecule has 1 fully saturated rings. The molecule has 1 aromatic carbocycles. The fraction of sp³-hybridized carbons (Fsp3) is 0.381. The molecule has 0 saturated heterocycles. The second-order valence-corrected chi connectivity index (χ2v) is 7.02. The molecule has 0 amide bonds. The van der Waals surface area contributed by atoms with Crippen molar-refractivity contribution in [2.24, 2.45) is 5.92 Å². The molecule has 0 radical (unpaired) electrons. The zero-order chi connectivity index (χ0) is 17.9. The van der Waals surface area contributed by atoms with Crippen LogP contribution in [0.25, 0.3) is 11.0 Å². The Kier molecular flexibility index (Phi) is 4.98. The third-order valence-corrected chi connectivity index (χ3v) is 5.23. The van der Waals surface area contributed by atoms with E-state index < -0.39 is 18.4 Å². The highest BCUT2D eigenvalue weighted by Crippen LogP contribution is 2.35. The third kappa shape index (κ3) is 3.63. The lowest BCUT2D eigenvalue weighted by Gasteiger charge is -2.34. The van der Waals surface area contributed by atoms with Crippen LogP contribution in [0.2, 0.25) is 0 Å². The topological polar surface area (TPSA) is 37.9 Å². The van der Waals surface area contributed by atoms with E-state index in [0.717, 1.165) is 22.2 Å². The van der Waals surface area contributed by atoms with E-state index >= 15 is 0 Å². The smallest absolute Gasteiger partial charge is 0.137 e. The van der Waals surface area contributed by atoms with Gasteiger partial charge in [0.15, 0.2) is 0 Å². The van der Waals surface area contributed by atoms with Crippen LogP contribution in [0.1, 0.15) is 24.0 Å². The van der Waals surface area contributed by atoms with Crippen LogP contribution in [0.3, 0.4) is 0 Å². The van der Waals surface area contributed by atoms with E-state index in [2.05, 4.69) is 9.97 Å². The van der Waals surface area contributed by atoms with Crippen molar-refractivity contribution in [3.63, 3.8) is 0 Å². The van der Waals surface area contributed by atoms with Crippen molar-refractivity contribution in [3.05, 3.63) is 66.0 Å². The molecule has 0 aliphatic heterocycles. The highest BCUT2D eigenvalue weighted by Gasteiger charge is 2.38. The number of hydrogen-bond donors (Lipinski definition) is 1. The SMILES string of the molecule is FC1CC(OCc2ccccc2)[C@@H](F)CC1Cc1c[nH]c2ncccc12. The average Bonchev–Trinajstić information content (AvgIpc) is 3.07. The summed E-state index contributed by atoms with van der Waals surface area (Å²) in [5.41, 5.74) is 2.76. The second kappa shape index (κ2) is 7.54. The molecule has 1 aliphatic rings. The van der Waals surface area contributed by atoms with Gasteiger partial charge in [-0.15, -0.1) is 0 Å². The number of alkyl halides is 2. The van der Waals surface area contributed by atoms with Gasteiger partial charge < -0.3 is 9.72 Å². The first-order valence-electron chi connectivity index (χ1n) is 9.05. The Morgan fingerprint density at radius 2 is 1.88 bits per heavy atom. The van der Waals surface area contributed by atoms with Crippen molar-refractivity contribution in [2.45, 2.75) is 44.3 Å². The number of nitrogens with zero attached hydrogens (tertiary/aromatic N) is 1. The van der Waals surface area contributed by atoms with Crippen LogP contribution in [-0.2, 0) is 17.8 Å². The number of pyridine rings is 1. The maximum Gasteiger partial charge on any atom is 0.137 e. The van der Waals surface area contributed by atoms with Crippen LogP contribution < -0.4 is 0 Å². The van der Waals surface area contributed by atoms with Crippen molar-refractivity contribution in [2.75, 3.05) is 0 Å². The summed E-state index contributed by atoms with van der Waals surface area (Å²) >= 11 is 0. The Morgan fingerprint density at radius 3 is 2.73 bits per heavy atom. The molecule has 136 valence electrons. The molecule has 2 aromatic heterocycles. The number of aromatic amines is 1. The Hall–Kier alpha value is -2.27. The van der Waals surface area contributed by atoms with Gasteiger partial charge in [-0.25, -0.2) is 13.8 Å². The van der Waals surface area contributed by atoms with Gasteiger partial charge in [0.05, 0.1) is 12.7 Å². The number of rotatable bonds is 5. The van der Waals surface area contributed by atoms with Gasteiger partial charge in [-0.2, -0.15) is 0 Å². The number of hydrogen-bond acceptors (Lipinski definition) is 2. The number of fused-ring (bicyclic) bond motifs is 1. The fourth-order valence-corrected chi connectivity index (χ4v) is 3.78. The van der Waals surface area contributed by atoms with Crippen LogP contribution in [-0.4, -0.2) is 28.4 Å². The quantitative estimate of drug-likeness (QED) is 0.715. The van der Waals surface area contributed by atoms with Gasteiger partial charge in [0.1, 0.15) is 18.0 Å². The van der Waals surface area contributed by atoms with Gasteiger partial charge in [-0.1, -0.05) is 30.3 Å². The Labute approximate surface area is 151 Å². The zero-order valence-electron chi connectivity index (χ0n) is 14.4. The molecule has 4 atom stereocenters. The first kappa shape index (κ1) is 17.2. The van der Waals surface area contributed by atoms with Gasteiger partial charge in [-0.3, -0.25) is 0 Å². The van der Waals surface area contributed by atoms with E-state index in [0.29, 0.717) is 13.0 Å². The molecule has 4 rings (SSSR count). The molecule has 0 spiro atoms. The summed E-state index contributed by atoms with van der Waals surface area (Å²) in [6, 6.07) is 13.4. The van der Waals surface area contributed by atoms with Crippen molar-refractivity contribution in [3.8, 4) is 0 Å². The van der Waals surface area contributed by atoms with Gasteiger partial charge >= 0.3 is 0 Å². The fourth-order valence-electron chi connectivity index (χ4n) is 3.78. The molecule has 3 unspecified atom stereocenters. The van der Waals surface area contributed by atoms with E-state index in [1.54, 1.807) is 6.20 Å². The third-order valence-electron chi connectivity index (χ3n) is 5.23. The van der Waals surface area contributed by atoms with Crippen molar-refractivity contribution in [1.29, 1.82) is 0 Å². The molecule has 5 heteroatoms. The van der Waals surface area contributed by atoms with Crippen LogP contribution in [0, 0.1) is 5.92 Å². The van der Waals surface area contributed by atoms with E-state index in [1.807, 2.05) is 48.7 Å². The summed E-state index contributed by atoms with van der Waals surface area (Å²) < 4.78 is 35.0. The maximum absolute atomic E-state index is 14.7. The lowest BCUT2D eigenvalue weighted by Crippen LogP contribution is -2.40. The number of benzene rings is 1. The van der Waals surface area contributed by atoms with Gasteiger partial charge in [0, 0.05) is 24.2 Å². The molecular weight excluding hydrogens is 334 g/mol. The molecule has 0 bridgehead atoms. The van der Waals surface area contributed by atoms with Gasteiger partial charge in [-0.05, 0) is 42.0 Å². The second-order valence-electron chi connectivity index (χ2n) is 7.02. The Balaban J connectivity index is 1.38.